The largest absolute Gasteiger partial charge is 0.384 e. The molecule has 0 aromatic heterocycles. The van der Waals surface area contributed by atoms with E-state index in [-0.39, 0.29) is 31.3 Å². The quantitative estimate of drug-likeness (QED) is 0.696. The van der Waals surface area contributed by atoms with E-state index in [2.05, 4.69) is 0 Å². The Morgan fingerprint density at radius 2 is 1.79 bits per heavy atom. The standard InChI is InChI=1S/C12H21N3O4/c1-9(16)14-4-5-15(11(17)3-6-19-2)8-10(7-14)12(13)18/h10H,3-8H2,1-2H3,(H2,13,18). The van der Waals surface area contributed by atoms with Crippen LogP contribution >= 0.6 is 0 Å². The van der Waals surface area contributed by atoms with Crippen LogP contribution in [-0.2, 0) is 19.1 Å². The number of carbonyl (C=O) groups is 3. The van der Waals surface area contributed by atoms with Gasteiger partial charge in [0.15, 0.2) is 0 Å². The maximum Gasteiger partial charge on any atom is 0.224 e. The van der Waals surface area contributed by atoms with E-state index in [4.69, 9.17) is 10.5 Å². The van der Waals surface area contributed by atoms with Gasteiger partial charge in [-0.25, -0.2) is 0 Å². The highest BCUT2D eigenvalue weighted by molar-refractivity contribution is 5.81. The number of primary amides is 1. The van der Waals surface area contributed by atoms with Gasteiger partial charge < -0.3 is 20.3 Å². The minimum absolute atomic E-state index is 0.0847. The molecule has 2 N–H and O–H groups in total. The maximum absolute atomic E-state index is 11.9. The molecule has 7 heteroatoms. The van der Waals surface area contributed by atoms with Crippen LogP contribution in [0.25, 0.3) is 0 Å². The van der Waals surface area contributed by atoms with E-state index in [1.807, 2.05) is 0 Å². The number of ether oxygens (including phenoxy) is 1. The highest BCUT2D eigenvalue weighted by atomic mass is 16.5. The average molecular weight is 271 g/mol. The first-order valence-electron chi connectivity index (χ1n) is 6.27. The van der Waals surface area contributed by atoms with Crippen LogP contribution in [0.15, 0.2) is 0 Å². The maximum atomic E-state index is 11.9. The normalized spacial score (nSPS) is 20.0. The molecule has 1 rings (SSSR count). The molecule has 1 unspecified atom stereocenters. The Hall–Kier alpha value is -1.63. The summed E-state index contributed by atoms with van der Waals surface area (Å²) in [5.74, 6) is -1.20. The van der Waals surface area contributed by atoms with E-state index in [0.717, 1.165) is 0 Å². The summed E-state index contributed by atoms with van der Waals surface area (Å²) in [7, 11) is 1.53. The fourth-order valence-electron chi connectivity index (χ4n) is 2.05. The number of nitrogens with two attached hydrogens (primary N) is 1. The molecule has 3 amide bonds. The van der Waals surface area contributed by atoms with Crippen LogP contribution in [-0.4, -0.2) is 67.4 Å². The van der Waals surface area contributed by atoms with Gasteiger partial charge in [0.1, 0.15) is 0 Å². The van der Waals surface area contributed by atoms with Crippen molar-refractivity contribution in [2.24, 2.45) is 11.7 Å². The summed E-state index contributed by atoms with van der Waals surface area (Å²) in [5.41, 5.74) is 5.32. The monoisotopic (exact) mass is 271 g/mol. The lowest BCUT2D eigenvalue weighted by atomic mass is 10.1. The number of amides is 3. The van der Waals surface area contributed by atoms with Crippen molar-refractivity contribution >= 4 is 17.7 Å². The Bertz CT molecular complexity index is 359. The summed E-state index contributed by atoms with van der Waals surface area (Å²) in [6.07, 6.45) is 0.266. The Morgan fingerprint density at radius 3 is 2.32 bits per heavy atom. The van der Waals surface area contributed by atoms with Gasteiger partial charge in [0, 0.05) is 40.2 Å². The molecule has 19 heavy (non-hydrogen) atoms. The van der Waals surface area contributed by atoms with Gasteiger partial charge in [-0.1, -0.05) is 0 Å². The van der Waals surface area contributed by atoms with E-state index in [9.17, 15) is 14.4 Å². The highest BCUT2D eigenvalue weighted by Crippen LogP contribution is 2.11. The second kappa shape index (κ2) is 7.08. The third kappa shape index (κ3) is 4.51. The van der Waals surface area contributed by atoms with Crippen molar-refractivity contribution in [2.75, 3.05) is 39.9 Å². The molecule has 1 fully saturated rings. The molecule has 0 aromatic rings. The molecule has 1 atom stereocenters. The number of rotatable bonds is 4. The van der Waals surface area contributed by atoms with Crippen molar-refractivity contribution in [1.82, 2.24) is 9.80 Å². The van der Waals surface area contributed by atoms with Crippen LogP contribution < -0.4 is 5.73 Å². The molecule has 0 spiro atoms. The molecule has 1 aliphatic heterocycles. The topological polar surface area (TPSA) is 92.9 Å². The zero-order valence-electron chi connectivity index (χ0n) is 11.4. The van der Waals surface area contributed by atoms with Crippen molar-refractivity contribution in [3.8, 4) is 0 Å². The lowest BCUT2D eigenvalue weighted by Gasteiger charge is -2.22. The highest BCUT2D eigenvalue weighted by Gasteiger charge is 2.29. The van der Waals surface area contributed by atoms with E-state index in [1.165, 1.54) is 14.0 Å². The predicted molar refractivity (Wildman–Crippen MR) is 68.0 cm³/mol. The molecule has 0 bridgehead atoms. The number of hydrogen-bond acceptors (Lipinski definition) is 4. The Labute approximate surface area is 112 Å². The molecule has 1 heterocycles. The number of hydrogen-bond donors (Lipinski definition) is 1. The van der Waals surface area contributed by atoms with Gasteiger partial charge in [-0.15, -0.1) is 0 Å². The molecular weight excluding hydrogens is 250 g/mol. The summed E-state index contributed by atoms with van der Waals surface area (Å²) < 4.78 is 4.86. The minimum atomic E-state index is -0.516. The van der Waals surface area contributed by atoms with Crippen molar-refractivity contribution in [1.29, 1.82) is 0 Å². The first-order valence-corrected chi connectivity index (χ1v) is 6.27. The summed E-state index contributed by atoms with van der Waals surface area (Å²) in [6, 6.07) is 0. The Balaban J connectivity index is 2.72. The van der Waals surface area contributed by atoms with Gasteiger partial charge in [0.25, 0.3) is 0 Å². The van der Waals surface area contributed by atoms with Crippen molar-refractivity contribution in [3.05, 3.63) is 0 Å². The van der Waals surface area contributed by atoms with Crippen molar-refractivity contribution < 1.29 is 19.1 Å². The third-order valence-electron chi connectivity index (χ3n) is 3.24. The predicted octanol–water partition coefficient (Wildman–Crippen LogP) is -1.18. The van der Waals surface area contributed by atoms with Crippen LogP contribution in [0.2, 0.25) is 0 Å². The summed E-state index contributed by atoms with van der Waals surface area (Å²) in [4.78, 5) is 37.9. The lowest BCUT2D eigenvalue weighted by molar-refractivity contribution is -0.133. The minimum Gasteiger partial charge on any atom is -0.384 e. The van der Waals surface area contributed by atoms with Gasteiger partial charge in [-0.05, 0) is 0 Å². The second-order valence-corrected chi connectivity index (χ2v) is 4.65. The molecule has 1 saturated heterocycles. The molecule has 7 nitrogen and oxygen atoms in total. The number of carbonyl (C=O) groups excluding carboxylic acids is 3. The van der Waals surface area contributed by atoms with E-state index in [1.54, 1.807) is 9.80 Å². The first kappa shape index (κ1) is 15.4. The molecule has 0 aliphatic carbocycles. The number of methoxy groups -OCH3 is 1. The van der Waals surface area contributed by atoms with Crippen LogP contribution in [0.3, 0.4) is 0 Å². The smallest absolute Gasteiger partial charge is 0.224 e. The Kier molecular flexibility index (Phi) is 5.75. The van der Waals surface area contributed by atoms with Crippen molar-refractivity contribution in [3.63, 3.8) is 0 Å². The molecule has 108 valence electrons. The fourth-order valence-corrected chi connectivity index (χ4v) is 2.05. The van der Waals surface area contributed by atoms with E-state index < -0.39 is 11.8 Å². The van der Waals surface area contributed by atoms with Crippen LogP contribution in [0.1, 0.15) is 13.3 Å². The molecule has 0 aromatic carbocycles. The number of nitrogens with zero attached hydrogens (tertiary/aromatic N) is 2. The van der Waals surface area contributed by atoms with Crippen molar-refractivity contribution in [2.45, 2.75) is 13.3 Å². The van der Waals surface area contributed by atoms with Gasteiger partial charge in [0.2, 0.25) is 17.7 Å². The van der Waals surface area contributed by atoms with Gasteiger partial charge in [-0.3, -0.25) is 14.4 Å². The van der Waals surface area contributed by atoms with Crippen LogP contribution in [0.5, 0.6) is 0 Å². The molecule has 0 saturated carbocycles. The summed E-state index contributed by atoms with van der Waals surface area (Å²) >= 11 is 0. The van der Waals surface area contributed by atoms with Crippen LogP contribution in [0.4, 0.5) is 0 Å². The Morgan fingerprint density at radius 1 is 1.21 bits per heavy atom. The first-order chi connectivity index (χ1) is 8.95. The van der Waals surface area contributed by atoms with Gasteiger partial charge in [0.05, 0.1) is 18.9 Å². The summed E-state index contributed by atoms with van der Waals surface area (Å²) in [5, 5.41) is 0. The lowest BCUT2D eigenvalue weighted by Crippen LogP contribution is -2.41. The third-order valence-corrected chi connectivity index (χ3v) is 3.24. The van der Waals surface area contributed by atoms with Gasteiger partial charge in [-0.2, -0.15) is 0 Å². The SMILES string of the molecule is COCCC(=O)N1CCN(C(C)=O)CC(C(N)=O)C1. The second-order valence-electron chi connectivity index (χ2n) is 4.65. The van der Waals surface area contributed by atoms with Gasteiger partial charge >= 0.3 is 0 Å². The average Bonchev–Trinajstić information content (AvgIpc) is 2.58. The molecule has 1 aliphatic rings. The fraction of sp³-hybridized carbons (Fsp3) is 0.750. The van der Waals surface area contributed by atoms with Crippen LogP contribution in [0, 0.1) is 5.92 Å². The molecule has 0 radical (unpaired) electrons. The van der Waals surface area contributed by atoms with E-state index >= 15 is 0 Å². The van der Waals surface area contributed by atoms with E-state index in [0.29, 0.717) is 19.7 Å². The summed E-state index contributed by atoms with van der Waals surface area (Å²) in [6.45, 7) is 3.18. The zero-order chi connectivity index (χ0) is 14.4. The zero-order valence-corrected chi connectivity index (χ0v) is 11.4. The molecular formula is C12H21N3O4.